The minimum Gasteiger partial charge on any atom is -0.397 e. The Labute approximate surface area is 108 Å². The van der Waals surface area contributed by atoms with Crippen LogP contribution in [0.5, 0.6) is 0 Å². The van der Waals surface area contributed by atoms with Crippen molar-refractivity contribution in [2.24, 2.45) is 5.41 Å². The van der Waals surface area contributed by atoms with E-state index in [1.165, 1.54) is 0 Å². The minimum absolute atomic E-state index is 0.00519. The van der Waals surface area contributed by atoms with Gasteiger partial charge in [0.15, 0.2) is 0 Å². The number of nitrogen functional groups attached to an aromatic ring is 1. The van der Waals surface area contributed by atoms with Crippen LogP contribution in [0, 0.1) is 5.41 Å². The van der Waals surface area contributed by atoms with E-state index in [1.54, 1.807) is 6.07 Å². The van der Waals surface area contributed by atoms with Crippen LogP contribution in [0.4, 0.5) is 11.4 Å². The monoisotopic (exact) mass is 247 g/mol. The molecule has 2 rings (SSSR count). The van der Waals surface area contributed by atoms with Gasteiger partial charge in [0.1, 0.15) is 0 Å². The van der Waals surface area contributed by atoms with Crippen LogP contribution in [0.15, 0.2) is 24.3 Å². The molecule has 0 bridgehead atoms. The molecule has 4 heteroatoms. The van der Waals surface area contributed by atoms with E-state index in [2.05, 4.69) is 24.1 Å². The molecule has 1 saturated heterocycles. The summed E-state index contributed by atoms with van der Waals surface area (Å²) in [5, 5.41) is 2.86. The molecule has 1 fully saturated rings. The fourth-order valence-electron chi connectivity index (χ4n) is 2.36. The molecule has 1 heterocycles. The predicted octanol–water partition coefficient (Wildman–Crippen LogP) is 1.94. The minimum atomic E-state index is 0.00519. The van der Waals surface area contributed by atoms with Gasteiger partial charge in [-0.3, -0.25) is 9.69 Å². The number of benzene rings is 1. The van der Waals surface area contributed by atoms with Gasteiger partial charge in [-0.25, -0.2) is 0 Å². The fraction of sp³-hybridized carbons (Fsp3) is 0.500. The van der Waals surface area contributed by atoms with Crippen LogP contribution in [-0.4, -0.2) is 30.4 Å². The van der Waals surface area contributed by atoms with Crippen molar-refractivity contribution in [1.82, 2.24) is 4.90 Å². The molecule has 0 aliphatic carbocycles. The topological polar surface area (TPSA) is 58.4 Å². The predicted molar refractivity (Wildman–Crippen MR) is 74.3 cm³/mol. The molecule has 4 nitrogen and oxygen atoms in total. The lowest BCUT2D eigenvalue weighted by Crippen LogP contribution is -2.32. The molecule has 1 aliphatic heterocycles. The van der Waals surface area contributed by atoms with E-state index in [0.29, 0.717) is 23.3 Å². The van der Waals surface area contributed by atoms with Gasteiger partial charge < -0.3 is 11.1 Å². The Balaban J connectivity index is 1.88. The van der Waals surface area contributed by atoms with E-state index in [9.17, 15) is 4.79 Å². The van der Waals surface area contributed by atoms with Crippen LogP contribution in [-0.2, 0) is 4.79 Å². The Morgan fingerprint density at radius 2 is 2.17 bits per heavy atom. The summed E-state index contributed by atoms with van der Waals surface area (Å²) < 4.78 is 0. The van der Waals surface area contributed by atoms with E-state index >= 15 is 0 Å². The molecular formula is C14H21N3O. The van der Waals surface area contributed by atoms with Gasteiger partial charge in [-0.2, -0.15) is 0 Å². The third kappa shape index (κ3) is 3.23. The number of rotatable bonds is 3. The van der Waals surface area contributed by atoms with E-state index in [0.717, 1.165) is 19.5 Å². The number of para-hydroxylation sites is 2. The summed E-state index contributed by atoms with van der Waals surface area (Å²) in [6.07, 6.45) is 1.15. The Hall–Kier alpha value is -1.55. The first-order valence-electron chi connectivity index (χ1n) is 6.33. The smallest absolute Gasteiger partial charge is 0.238 e. The largest absolute Gasteiger partial charge is 0.397 e. The number of hydrogen-bond donors (Lipinski definition) is 2. The Kier molecular flexibility index (Phi) is 3.57. The highest BCUT2D eigenvalue weighted by molar-refractivity contribution is 5.95. The Morgan fingerprint density at radius 3 is 2.78 bits per heavy atom. The summed E-state index contributed by atoms with van der Waals surface area (Å²) in [6, 6.07) is 7.33. The molecule has 0 saturated carbocycles. The van der Waals surface area contributed by atoms with E-state index in [1.807, 2.05) is 18.2 Å². The van der Waals surface area contributed by atoms with Crippen molar-refractivity contribution in [2.75, 3.05) is 30.7 Å². The van der Waals surface area contributed by atoms with Crippen molar-refractivity contribution in [1.29, 1.82) is 0 Å². The Bertz CT molecular complexity index is 442. The molecule has 98 valence electrons. The maximum Gasteiger partial charge on any atom is 0.238 e. The van der Waals surface area contributed by atoms with Crippen molar-refractivity contribution in [3.05, 3.63) is 24.3 Å². The maximum absolute atomic E-state index is 11.9. The zero-order valence-corrected chi connectivity index (χ0v) is 11.1. The maximum atomic E-state index is 11.9. The van der Waals surface area contributed by atoms with Gasteiger partial charge >= 0.3 is 0 Å². The first-order valence-corrected chi connectivity index (χ1v) is 6.33. The molecule has 0 radical (unpaired) electrons. The van der Waals surface area contributed by atoms with E-state index in [4.69, 9.17) is 5.73 Å². The normalized spacial score (nSPS) is 18.8. The van der Waals surface area contributed by atoms with Gasteiger partial charge in [-0.1, -0.05) is 26.0 Å². The summed E-state index contributed by atoms with van der Waals surface area (Å²) in [6.45, 7) is 6.88. The number of likely N-dealkylation sites (tertiary alicyclic amines) is 1. The number of nitrogens with one attached hydrogen (secondary N) is 1. The summed E-state index contributed by atoms with van der Waals surface area (Å²) in [7, 11) is 0. The molecule has 18 heavy (non-hydrogen) atoms. The van der Waals surface area contributed by atoms with Crippen molar-refractivity contribution in [2.45, 2.75) is 20.3 Å². The third-order valence-corrected chi connectivity index (χ3v) is 3.36. The summed E-state index contributed by atoms with van der Waals surface area (Å²) >= 11 is 0. The quantitative estimate of drug-likeness (QED) is 0.802. The lowest BCUT2D eigenvalue weighted by Gasteiger charge is -2.19. The lowest BCUT2D eigenvalue weighted by molar-refractivity contribution is -0.117. The second-order valence-electron chi connectivity index (χ2n) is 5.76. The summed E-state index contributed by atoms with van der Waals surface area (Å²) in [4.78, 5) is 14.1. The van der Waals surface area contributed by atoms with Crippen LogP contribution in [0.3, 0.4) is 0 Å². The molecule has 0 spiro atoms. The highest BCUT2D eigenvalue weighted by Gasteiger charge is 2.29. The number of nitrogens with two attached hydrogens (primary N) is 1. The lowest BCUT2D eigenvalue weighted by atomic mass is 9.93. The van der Waals surface area contributed by atoms with Gasteiger partial charge in [0.2, 0.25) is 5.91 Å². The van der Waals surface area contributed by atoms with Crippen molar-refractivity contribution >= 4 is 17.3 Å². The van der Waals surface area contributed by atoms with Gasteiger partial charge in [0, 0.05) is 6.54 Å². The van der Waals surface area contributed by atoms with E-state index in [-0.39, 0.29) is 5.91 Å². The van der Waals surface area contributed by atoms with Gasteiger partial charge in [0.05, 0.1) is 17.9 Å². The van der Waals surface area contributed by atoms with Gasteiger partial charge in [-0.15, -0.1) is 0 Å². The zero-order valence-electron chi connectivity index (χ0n) is 11.1. The van der Waals surface area contributed by atoms with Crippen LogP contribution >= 0.6 is 0 Å². The van der Waals surface area contributed by atoms with Gasteiger partial charge in [0.25, 0.3) is 0 Å². The Morgan fingerprint density at radius 1 is 1.44 bits per heavy atom. The van der Waals surface area contributed by atoms with Crippen molar-refractivity contribution in [3.8, 4) is 0 Å². The van der Waals surface area contributed by atoms with Crippen molar-refractivity contribution < 1.29 is 4.79 Å². The number of amides is 1. The third-order valence-electron chi connectivity index (χ3n) is 3.36. The molecule has 0 unspecified atom stereocenters. The number of anilines is 2. The first kappa shape index (κ1) is 12.9. The molecule has 0 aromatic heterocycles. The average Bonchev–Trinajstić information content (AvgIpc) is 2.61. The molecule has 1 aromatic rings. The standard InChI is InChI=1S/C14H21N3O/c1-14(2)7-8-17(10-14)9-13(18)16-12-6-4-3-5-11(12)15/h3-6H,7-10,15H2,1-2H3,(H,16,18). The molecular weight excluding hydrogens is 226 g/mol. The summed E-state index contributed by atoms with van der Waals surface area (Å²) in [5.41, 5.74) is 7.42. The molecule has 0 atom stereocenters. The molecule has 1 amide bonds. The zero-order chi connectivity index (χ0) is 13.2. The molecule has 1 aromatic carbocycles. The van der Waals surface area contributed by atoms with Gasteiger partial charge in [-0.05, 0) is 30.5 Å². The average molecular weight is 247 g/mol. The summed E-state index contributed by atoms with van der Waals surface area (Å²) in [5.74, 6) is 0.00519. The molecule has 1 aliphatic rings. The number of nitrogens with zero attached hydrogens (tertiary/aromatic N) is 1. The SMILES string of the molecule is CC1(C)CCN(CC(=O)Nc2ccccc2N)C1. The second kappa shape index (κ2) is 4.98. The van der Waals surface area contributed by atoms with Crippen LogP contribution in [0.2, 0.25) is 0 Å². The van der Waals surface area contributed by atoms with Crippen LogP contribution in [0.25, 0.3) is 0 Å². The highest BCUT2D eigenvalue weighted by Crippen LogP contribution is 2.28. The highest BCUT2D eigenvalue weighted by atomic mass is 16.2. The number of carbonyl (C=O) groups excluding carboxylic acids is 1. The van der Waals surface area contributed by atoms with Crippen LogP contribution < -0.4 is 11.1 Å². The molecule has 3 N–H and O–H groups in total. The van der Waals surface area contributed by atoms with Crippen molar-refractivity contribution in [3.63, 3.8) is 0 Å². The number of hydrogen-bond acceptors (Lipinski definition) is 3. The second-order valence-corrected chi connectivity index (χ2v) is 5.76. The van der Waals surface area contributed by atoms with E-state index < -0.39 is 0 Å². The fourth-order valence-corrected chi connectivity index (χ4v) is 2.36. The van der Waals surface area contributed by atoms with Crippen LogP contribution in [0.1, 0.15) is 20.3 Å². The first-order chi connectivity index (χ1) is 8.46. The number of carbonyl (C=O) groups is 1.